The third kappa shape index (κ3) is 20.1. The third-order valence-electron chi connectivity index (χ3n) is 3.94. The number of hydrogen-bond donors (Lipinski definition) is 2. The average Bonchev–Trinajstić information content (AvgIpc) is 2.68. The van der Waals surface area contributed by atoms with E-state index in [0.29, 0.717) is 6.61 Å². The number of ether oxygens (including phenoxy) is 1. The molecule has 0 atom stereocenters. The first-order valence-electron chi connectivity index (χ1n) is 10.3. The van der Waals surface area contributed by atoms with Crippen molar-refractivity contribution < 1.29 is 14.3 Å². The first-order chi connectivity index (χ1) is 13.2. The summed E-state index contributed by atoms with van der Waals surface area (Å²) in [4.78, 5) is 22.2. The number of amides is 2. The number of unbranched alkanes of at least 4 members (excludes halogenated alkanes) is 6. The Hall–Kier alpha value is -2.04. The van der Waals surface area contributed by atoms with Crippen LogP contribution in [0.3, 0.4) is 0 Å². The Kier molecular flexibility index (Phi) is 18.7. The van der Waals surface area contributed by atoms with E-state index in [0.717, 1.165) is 38.5 Å². The lowest BCUT2D eigenvalue weighted by molar-refractivity contribution is -0.119. The second-order valence-corrected chi connectivity index (χ2v) is 6.39. The lowest BCUT2D eigenvalue weighted by Crippen LogP contribution is -2.35. The van der Waals surface area contributed by atoms with Crippen molar-refractivity contribution in [3.63, 3.8) is 0 Å². The summed E-state index contributed by atoms with van der Waals surface area (Å²) < 4.78 is 4.99. The highest BCUT2D eigenvalue weighted by atomic mass is 16.5. The van der Waals surface area contributed by atoms with E-state index in [2.05, 4.69) is 54.0 Å². The van der Waals surface area contributed by atoms with Gasteiger partial charge >= 0.3 is 6.09 Å². The summed E-state index contributed by atoms with van der Waals surface area (Å²) in [6.07, 6.45) is 23.9. The van der Waals surface area contributed by atoms with Crippen LogP contribution in [-0.4, -0.2) is 32.2 Å². The van der Waals surface area contributed by atoms with E-state index in [1.54, 1.807) is 0 Å². The molecule has 0 rings (SSSR count). The fraction of sp³-hybridized carbons (Fsp3) is 0.636. The van der Waals surface area contributed by atoms with Gasteiger partial charge in [-0.05, 0) is 51.4 Å². The predicted octanol–water partition coefficient (Wildman–Crippen LogP) is 5.05. The van der Waals surface area contributed by atoms with Crippen molar-refractivity contribution in [2.24, 2.45) is 0 Å². The van der Waals surface area contributed by atoms with Gasteiger partial charge in [0, 0.05) is 7.05 Å². The third-order valence-corrected chi connectivity index (χ3v) is 3.94. The molecule has 0 bridgehead atoms. The number of alkyl carbamates (subject to hydrolysis) is 1. The second-order valence-electron chi connectivity index (χ2n) is 6.39. The zero-order valence-corrected chi connectivity index (χ0v) is 17.2. The number of carbonyl (C=O) groups is 2. The molecule has 0 unspecified atom stereocenters. The first kappa shape index (κ1) is 25.0. The first-order valence-corrected chi connectivity index (χ1v) is 10.3. The average molecular weight is 379 g/mol. The van der Waals surface area contributed by atoms with E-state index in [9.17, 15) is 9.59 Å². The molecule has 0 aliphatic heterocycles. The molecule has 0 aliphatic rings. The predicted molar refractivity (Wildman–Crippen MR) is 113 cm³/mol. The Labute approximate surface area is 165 Å². The van der Waals surface area contributed by atoms with E-state index >= 15 is 0 Å². The molecule has 0 aromatic heterocycles. The normalized spacial score (nSPS) is 11.5. The fourth-order valence-electron chi connectivity index (χ4n) is 2.29. The molecule has 0 fully saturated rings. The Balaban J connectivity index is 3.39. The molecule has 2 amide bonds. The molecule has 0 radical (unpaired) electrons. The van der Waals surface area contributed by atoms with Crippen molar-refractivity contribution in [2.75, 3.05) is 20.2 Å². The maximum Gasteiger partial charge on any atom is 0.407 e. The SMILES string of the molecule is CCCCC/C=C/C/C=C/C/C=C/CCCCCOC(=O)NCC(=O)NC. The maximum absolute atomic E-state index is 11.3. The minimum atomic E-state index is -0.541. The van der Waals surface area contributed by atoms with Crippen LogP contribution in [0, 0.1) is 0 Å². The van der Waals surface area contributed by atoms with E-state index in [4.69, 9.17) is 4.74 Å². The summed E-state index contributed by atoms with van der Waals surface area (Å²) in [6.45, 7) is 2.57. The van der Waals surface area contributed by atoms with Gasteiger partial charge in [0.1, 0.15) is 0 Å². The van der Waals surface area contributed by atoms with Gasteiger partial charge in [0.2, 0.25) is 5.91 Å². The topological polar surface area (TPSA) is 67.4 Å². The second kappa shape index (κ2) is 20.3. The highest BCUT2D eigenvalue weighted by Crippen LogP contribution is 2.03. The number of allylic oxidation sites excluding steroid dienone is 6. The van der Waals surface area contributed by atoms with Gasteiger partial charge in [-0.15, -0.1) is 0 Å². The van der Waals surface area contributed by atoms with Crippen molar-refractivity contribution in [1.82, 2.24) is 10.6 Å². The number of nitrogens with one attached hydrogen (secondary N) is 2. The van der Waals surface area contributed by atoms with Crippen LogP contribution in [0.5, 0.6) is 0 Å². The van der Waals surface area contributed by atoms with Gasteiger partial charge in [0.25, 0.3) is 0 Å². The minimum absolute atomic E-state index is 0.0518. The molecular formula is C22H38N2O3. The van der Waals surface area contributed by atoms with Crippen molar-refractivity contribution in [3.8, 4) is 0 Å². The molecule has 5 heteroatoms. The number of rotatable bonds is 16. The molecule has 0 saturated carbocycles. The standard InChI is InChI=1S/C22H38N2O3/c1-3-4-5-6-7-8-9-10-11-12-13-14-15-16-17-18-19-27-22(26)24-20-21(25)23-2/h7-8,10-11,13-14H,3-6,9,12,15-20H2,1-2H3,(H,23,25)(H,24,26)/b8-7+,11-10+,14-13+. The van der Waals surface area contributed by atoms with Crippen LogP contribution in [0.2, 0.25) is 0 Å². The summed E-state index contributed by atoms with van der Waals surface area (Å²) in [7, 11) is 1.52. The maximum atomic E-state index is 11.3. The molecule has 27 heavy (non-hydrogen) atoms. The highest BCUT2D eigenvalue weighted by Gasteiger charge is 2.03. The molecule has 0 aromatic carbocycles. The van der Waals surface area contributed by atoms with E-state index in [1.807, 2.05) is 0 Å². The van der Waals surface area contributed by atoms with Gasteiger partial charge in [-0.1, -0.05) is 56.2 Å². The van der Waals surface area contributed by atoms with Crippen molar-refractivity contribution >= 4 is 12.0 Å². The summed E-state index contributed by atoms with van der Waals surface area (Å²) in [5.41, 5.74) is 0. The van der Waals surface area contributed by atoms with Gasteiger partial charge in [0.05, 0.1) is 13.2 Å². The van der Waals surface area contributed by atoms with Crippen LogP contribution in [-0.2, 0) is 9.53 Å². The van der Waals surface area contributed by atoms with Gasteiger partial charge in [0.15, 0.2) is 0 Å². The number of hydrogen-bond acceptors (Lipinski definition) is 3. The minimum Gasteiger partial charge on any atom is -0.450 e. The molecule has 0 aliphatic carbocycles. The van der Waals surface area contributed by atoms with Gasteiger partial charge in [-0.3, -0.25) is 4.79 Å². The van der Waals surface area contributed by atoms with Crippen LogP contribution in [0.4, 0.5) is 4.79 Å². The van der Waals surface area contributed by atoms with Crippen LogP contribution >= 0.6 is 0 Å². The lowest BCUT2D eigenvalue weighted by Gasteiger charge is -2.05. The van der Waals surface area contributed by atoms with Crippen LogP contribution in [0.1, 0.15) is 71.1 Å². The lowest BCUT2D eigenvalue weighted by atomic mass is 10.2. The Morgan fingerprint density at radius 1 is 0.815 bits per heavy atom. The molecule has 154 valence electrons. The zero-order valence-electron chi connectivity index (χ0n) is 17.2. The summed E-state index contributed by atoms with van der Waals surface area (Å²) in [5.74, 6) is -0.243. The molecule has 0 spiro atoms. The molecular weight excluding hydrogens is 340 g/mol. The van der Waals surface area contributed by atoms with Crippen LogP contribution in [0.25, 0.3) is 0 Å². The van der Waals surface area contributed by atoms with Crippen LogP contribution < -0.4 is 10.6 Å². The largest absolute Gasteiger partial charge is 0.450 e. The quantitative estimate of drug-likeness (QED) is 0.292. The molecule has 0 heterocycles. The molecule has 2 N–H and O–H groups in total. The number of likely N-dealkylation sites (N-methyl/N-ethyl adjacent to an activating group) is 1. The monoisotopic (exact) mass is 378 g/mol. The van der Waals surface area contributed by atoms with E-state index in [1.165, 1.54) is 32.7 Å². The van der Waals surface area contributed by atoms with Crippen molar-refractivity contribution in [3.05, 3.63) is 36.5 Å². The smallest absolute Gasteiger partial charge is 0.407 e. The van der Waals surface area contributed by atoms with Crippen molar-refractivity contribution in [1.29, 1.82) is 0 Å². The van der Waals surface area contributed by atoms with Crippen LogP contribution in [0.15, 0.2) is 36.5 Å². The zero-order chi connectivity index (χ0) is 20.0. The fourth-order valence-corrected chi connectivity index (χ4v) is 2.29. The van der Waals surface area contributed by atoms with E-state index < -0.39 is 6.09 Å². The number of carbonyl (C=O) groups excluding carboxylic acids is 2. The molecule has 0 saturated heterocycles. The molecule has 5 nitrogen and oxygen atoms in total. The summed E-state index contributed by atoms with van der Waals surface area (Å²) in [5, 5.41) is 4.82. The highest BCUT2D eigenvalue weighted by molar-refractivity contribution is 5.81. The Morgan fingerprint density at radius 2 is 1.41 bits per heavy atom. The van der Waals surface area contributed by atoms with Gasteiger partial charge < -0.3 is 15.4 Å². The summed E-state index contributed by atoms with van der Waals surface area (Å²) in [6, 6.07) is 0. The van der Waals surface area contributed by atoms with Crippen molar-refractivity contribution in [2.45, 2.75) is 71.1 Å². The molecule has 0 aromatic rings. The Morgan fingerprint density at radius 3 is 2.00 bits per heavy atom. The van der Waals surface area contributed by atoms with Gasteiger partial charge in [-0.25, -0.2) is 4.79 Å². The summed E-state index contributed by atoms with van der Waals surface area (Å²) >= 11 is 0. The Bertz CT molecular complexity index is 456. The van der Waals surface area contributed by atoms with E-state index in [-0.39, 0.29) is 12.5 Å². The van der Waals surface area contributed by atoms with Gasteiger partial charge in [-0.2, -0.15) is 0 Å².